The first-order valence-electron chi connectivity index (χ1n) is 13.3. The minimum Gasteiger partial charge on any atom is -0.493 e. The van der Waals surface area contributed by atoms with E-state index < -0.39 is 0 Å². The Bertz CT molecular complexity index is 1310. The molecule has 3 heterocycles. The molecule has 37 heavy (non-hydrogen) atoms. The molecule has 4 aliphatic rings. The van der Waals surface area contributed by atoms with E-state index in [2.05, 4.69) is 30.0 Å². The van der Waals surface area contributed by atoms with Crippen LogP contribution in [-0.4, -0.2) is 44.2 Å². The summed E-state index contributed by atoms with van der Waals surface area (Å²) in [6, 6.07) is 8.16. The van der Waals surface area contributed by atoms with E-state index in [4.69, 9.17) is 30.5 Å². The summed E-state index contributed by atoms with van der Waals surface area (Å²) in [6.45, 7) is 4.76. The van der Waals surface area contributed by atoms with Gasteiger partial charge in [-0.05, 0) is 67.2 Å². The number of carbonyl (C=O) groups excluding carboxylic acids is 1. The highest BCUT2D eigenvalue weighted by Crippen LogP contribution is 2.50. The fourth-order valence-electron chi connectivity index (χ4n) is 5.90. The first kappa shape index (κ1) is 24.2. The summed E-state index contributed by atoms with van der Waals surface area (Å²) in [5.41, 5.74) is 6.46. The van der Waals surface area contributed by atoms with Crippen LogP contribution in [0.15, 0.2) is 41.6 Å². The Morgan fingerprint density at radius 3 is 2.65 bits per heavy atom. The van der Waals surface area contributed by atoms with Crippen molar-refractivity contribution in [2.24, 2.45) is 0 Å². The highest BCUT2D eigenvalue weighted by molar-refractivity contribution is 6.32. The molecule has 0 amide bonds. The Morgan fingerprint density at radius 1 is 1.05 bits per heavy atom. The second-order valence-electron chi connectivity index (χ2n) is 9.96. The van der Waals surface area contributed by atoms with E-state index in [-0.39, 0.29) is 11.7 Å². The maximum Gasteiger partial charge on any atom is 0.179 e. The van der Waals surface area contributed by atoms with Crippen LogP contribution >= 0.6 is 11.6 Å². The van der Waals surface area contributed by atoms with E-state index >= 15 is 0 Å². The number of fused-ring (bicyclic) bond motifs is 5. The van der Waals surface area contributed by atoms with Crippen LogP contribution in [0.1, 0.15) is 61.6 Å². The van der Waals surface area contributed by atoms with Gasteiger partial charge in [-0.15, -0.1) is 0 Å². The third kappa shape index (κ3) is 4.25. The summed E-state index contributed by atoms with van der Waals surface area (Å²) in [5, 5.41) is 0.494. The fraction of sp³-hybridized carbons (Fsp3) is 0.433. The summed E-state index contributed by atoms with van der Waals surface area (Å²) < 4.78 is 23.6. The lowest BCUT2D eigenvalue weighted by Gasteiger charge is -2.43. The number of ketones is 1. The van der Waals surface area contributed by atoms with Gasteiger partial charge in [0.15, 0.2) is 28.8 Å². The number of benzene rings is 2. The molecular weight excluding hydrogens is 490 g/mol. The first-order chi connectivity index (χ1) is 18.1. The van der Waals surface area contributed by atoms with E-state index in [0.29, 0.717) is 42.8 Å². The minimum atomic E-state index is -0.220. The quantitative estimate of drug-likeness (QED) is 0.460. The van der Waals surface area contributed by atoms with Gasteiger partial charge < -0.3 is 23.8 Å². The molecule has 0 saturated carbocycles. The molecule has 1 unspecified atom stereocenters. The molecule has 0 spiro atoms. The van der Waals surface area contributed by atoms with E-state index in [0.717, 1.165) is 78.2 Å². The Morgan fingerprint density at radius 2 is 1.86 bits per heavy atom. The van der Waals surface area contributed by atoms with Crippen molar-refractivity contribution in [3.05, 3.63) is 63.3 Å². The molecule has 194 valence electrons. The van der Waals surface area contributed by atoms with Gasteiger partial charge in [0, 0.05) is 47.8 Å². The average Bonchev–Trinajstić information content (AvgIpc) is 3.15. The fourth-order valence-corrected chi connectivity index (χ4v) is 6.18. The number of halogens is 1. The SMILES string of the molecule is CCCOc1c(Cl)cc(C2C=C3c4cc5c(cc4CCN3C3=C2C(=O)CCC3)OCCCO5)cc1OC. The van der Waals surface area contributed by atoms with Crippen LogP contribution in [0.2, 0.25) is 5.02 Å². The highest BCUT2D eigenvalue weighted by atomic mass is 35.5. The molecule has 1 aliphatic carbocycles. The molecule has 0 radical (unpaired) electrons. The number of methoxy groups -OCH3 is 1. The normalized spacial score (nSPS) is 20.4. The Balaban J connectivity index is 1.49. The summed E-state index contributed by atoms with van der Waals surface area (Å²) in [5.74, 6) is 2.74. The van der Waals surface area contributed by atoms with Crippen LogP contribution in [0.25, 0.3) is 5.70 Å². The lowest BCUT2D eigenvalue weighted by Crippen LogP contribution is -2.36. The lowest BCUT2D eigenvalue weighted by molar-refractivity contribution is -0.116. The number of nitrogens with zero attached hydrogens (tertiary/aromatic N) is 1. The number of rotatable bonds is 5. The molecule has 0 aromatic heterocycles. The standard InChI is InChI=1S/C30H32ClNO5/c1-3-10-37-30-22(31)13-19(15-28(30)34-2)21-16-24-20-17-27-26(35-11-5-12-36-27)14-18(20)8-9-32(24)23-6-4-7-25(33)29(21)23/h13-17,21H,3-12H2,1-2H3. The van der Waals surface area contributed by atoms with Gasteiger partial charge in [-0.2, -0.15) is 0 Å². The number of ether oxygens (including phenoxy) is 4. The van der Waals surface area contributed by atoms with Crippen molar-refractivity contribution in [1.82, 2.24) is 4.90 Å². The van der Waals surface area contributed by atoms with Crippen LogP contribution in [0.4, 0.5) is 0 Å². The molecule has 3 aliphatic heterocycles. The van der Waals surface area contributed by atoms with Crippen LogP contribution in [0, 0.1) is 0 Å². The van der Waals surface area contributed by atoms with E-state index in [1.54, 1.807) is 7.11 Å². The predicted molar refractivity (Wildman–Crippen MR) is 143 cm³/mol. The zero-order valence-electron chi connectivity index (χ0n) is 21.4. The van der Waals surface area contributed by atoms with Crippen LogP contribution in [-0.2, 0) is 11.2 Å². The monoisotopic (exact) mass is 521 g/mol. The minimum absolute atomic E-state index is 0.215. The average molecular weight is 522 g/mol. The Kier molecular flexibility index (Phi) is 6.53. The Labute approximate surface area is 222 Å². The zero-order valence-corrected chi connectivity index (χ0v) is 22.2. The molecule has 0 fully saturated rings. The van der Waals surface area contributed by atoms with Gasteiger partial charge >= 0.3 is 0 Å². The largest absolute Gasteiger partial charge is 0.493 e. The summed E-state index contributed by atoms with van der Waals surface area (Å²) >= 11 is 6.73. The highest BCUT2D eigenvalue weighted by Gasteiger charge is 2.38. The molecule has 6 nitrogen and oxygen atoms in total. The second kappa shape index (κ2) is 9.97. The number of carbonyl (C=O) groups is 1. The molecule has 0 N–H and O–H groups in total. The van der Waals surface area contributed by atoms with Crippen LogP contribution in [0.5, 0.6) is 23.0 Å². The molecule has 2 aromatic carbocycles. The number of hydrogen-bond donors (Lipinski definition) is 0. The van der Waals surface area contributed by atoms with Crippen molar-refractivity contribution in [2.45, 2.75) is 51.4 Å². The molecule has 2 aromatic rings. The summed E-state index contributed by atoms with van der Waals surface area (Å²) in [4.78, 5) is 15.7. The maximum absolute atomic E-state index is 13.4. The van der Waals surface area contributed by atoms with Crippen molar-refractivity contribution in [1.29, 1.82) is 0 Å². The number of hydrogen-bond acceptors (Lipinski definition) is 6. The van der Waals surface area contributed by atoms with Gasteiger partial charge in [0.25, 0.3) is 0 Å². The van der Waals surface area contributed by atoms with Gasteiger partial charge in [-0.3, -0.25) is 4.79 Å². The van der Waals surface area contributed by atoms with Gasteiger partial charge in [-0.25, -0.2) is 0 Å². The number of Topliss-reactive ketones (excluding diaryl/α,β-unsaturated/α-hetero) is 1. The first-order valence-corrected chi connectivity index (χ1v) is 13.7. The summed E-state index contributed by atoms with van der Waals surface area (Å²) in [7, 11) is 1.62. The van der Waals surface area contributed by atoms with Crippen LogP contribution in [0.3, 0.4) is 0 Å². The lowest BCUT2D eigenvalue weighted by atomic mass is 9.77. The van der Waals surface area contributed by atoms with E-state index in [1.165, 1.54) is 5.56 Å². The third-order valence-electron chi connectivity index (χ3n) is 7.60. The van der Waals surface area contributed by atoms with Crippen molar-refractivity contribution in [2.75, 3.05) is 33.5 Å². The van der Waals surface area contributed by atoms with Gasteiger partial charge in [-0.1, -0.05) is 18.5 Å². The molecule has 0 bridgehead atoms. The van der Waals surface area contributed by atoms with E-state index in [1.807, 2.05) is 12.1 Å². The number of allylic oxidation sites excluding steroid dienone is 3. The molecule has 0 saturated heterocycles. The zero-order chi connectivity index (χ0) is 25.5. The van der Waals surface area contributed by atoms with Crippen LogP contribution < -0.4 is 18.9 Å². The molecule has 7 heteroatoms. The molecule has 6 rings (SSSR count). The summed E-state index contributed by atoms with van der Waals surface area (Å²) in [6.07, 6.45) is 7.19. The smallest absolute Gasteiger partial charge is 0.179 e. The maximum atomic E-state index is 13.4. The Hall–Kier alpha value is -3.12. The van der Waals surface area contributed by atoms with Crippen molar-refractivity contribution in [3.63, 3.8) is 0 Å². The van der Waals surface area contributed by atoms with Gasteiger partial charge in [0.1, 0.15) is 0 Å². The third-order valence-corrected chi connectivity index (χ3v) is 7.88. The topological polar surface area (TPSA) is 57.2 Å². The van der Waals surface area contributed by atoms with Crippen molar-refractivity contribution < 1.29 is 23.7 Å². The van der Waals surface area contributed by atoms with Crippen molar-refractivity contribution in [3.8, 4) is 23.0 Å². The van der Waals surface area contributed by atoms with Gasteiger partial charge in [0.05, 0.1) is 32.0 Å². The van der Waals surface area contributed by atoms with E-state index in [9.17, 15) is 4.79 Å². The van der Waals surface area contributed by atoms with Gasteiger partial charge in [0.2, 0.25) is 0 Å². The predicted octanol–water partition coefficient (Wildman–Crippen LogP) is 6.30. The molecular formula is C30H32ClNO5. The molecule has 1 atom stereocenters. The van der Waals surface area contributed by atoms with Crippen molar-refractivity contribution >= 4 is 23.1 Å². The second-order valence-corrected chi connectivity index (χ2v) is 10.4.